The maximum atomic E-state index is 11.6. The molecule has 5 nitrogen and oxygen atoms in total. The second-order valence-corrected chi connectivity index (χ2v) is 4.16. The lowest BCUT2D eigenvalue weighted by molar-refractivity contribution is 0.741. The van der Waals surface area contributed by atoms with Gasteiger partial charge in [0.25, 0.3) is 0 Å². The van der Waals surface area contributed by atoms with Gasteiger partial charge in [-0.05, 0) is 13.8 Å². The quantitative estimate of drug-likeness (QED) is 0.914. The molecule has 2 aromatic heterocycles. The van der Waals surface area contributed by atoms with Crippen molar-refractivity contribution in [2.75, 3.05) is 0 Å². The van der Waals surface area contributed by atoms with Gasteiger partial charge in [-0.2, -0.15) is 0 Å². The van der Waals surface area contributed by atoms with Crippen LogP contribution in [0.5, 0.6) is 0 Å². The average molecular weight is 283 g/mol. The Labute approximate surface area is 122 Å². The number of rotatable bonds is 2. The molecule has 2 heterocycles. The zero-order chi connectivity index (χ0) is 15.7. The average Bonchev–Trinajstić information content (AvgIpc) is 2.78. The molecule has 0 saturated heterocycles. The fraction of sp³-hybridized carbons (Fsp3) is 0.667. The van der Waals surface area contributed by atoms with E-state index in [0.29, 0.717) is 12.2 Å². The Kier molecular flexibility index (Phi) is 8.52. The minimum atomic E-state index is -0.113. The number of aryl methyl sites for hydroxylation is 3. The van der Waals surface area contributed by atoms with Crippen LogP contribution in [-0.2, 0) is 13.0 Å². The van der Waals surface area contributed by atoms with Crippen molar-refractivity contribution in [3.8, 4) is 0 Å². The number of aromatic amines is 1. The number of aromatic nitrogens is 4. The highest BCUT2D eigenvalue weighted by atomic mass is 16.1. The van der Waals surface area contributed by atoms with Crippen LogP contribution in [0.2, 0.25) is 0 Å². The molecule has 0 radical (unpaired) electrons. The van der Waals surface area contributed by atoms with Crippen molar-refractivity contribution < 1.29 is 1.43 Å². The van der Waals surface area contributed by atoms with Gasteiger partial charge in [0.2, 0.25) is 0 Å². The summed E-state index contributed by atoms with van der Waals surface area (Å²) in [7, 11) is 0. The second kappa shape index (κ2) is 9.28. The zero-order valence-corrected chi connectivity index (χ0v) is 13.9. The monoisotopic (exact) mass is 283 g/mol. The lowest BCUT2D eigenvalue weighted by Gasteiger charge is -2.01. The van der Waals surface area contributed by atoms with Crippen molar-refractivity contribution in [1.82, 2.24) is 19.5 Å². The Morgan fingerprint density at radius 1 is 1.15 bits per heavy atom. The van der Waals surface area contributed by atoms with Crippen LogP contribution in [0, 0.1) is 6.92 Å². The lowest BCUT2D eigenvalue weighted by atomic mass is 10.3. The molecule has 0 aliphatic heterocycles. The van der Waals surface area contributed by atoms with Gasteiger partial charge in [0, 0.05) is 14.4 Å². The highest BCUT2D eigenvalue weighted by molar-refractivity contribution is 5.73. The molecule has 0 spiro atoms. The van der Waals surface area contributed by atoms with Crippen LogP contribution in [0.1, 0.15) is 60.9 Å². The topological polar surface area (TPSA) is 63.6 Å². The molecule has 1 N–H and O–H groups in total. The van der Waals surface area contributed by atoms with Gasteiger partial charge >= 0.3 is 5.69 Å². The van der Waals surface area contributed by atoms with Gasteiger partial charge in [0.05, 0.1) is 5.69 Å². The van der Waals surface area contributed by atoms with Crippen LogP contribution < -0.4 is 5.69 Å². The Morgan fingerprint density at radius 3 is 2.15 bits per heavy atom. The Hall–Kier alpha value is -1.65. The minimum Gasteiger partial charge on any atom is -0.303 e. The number of imidazole rings is 1. The zero-order valence-electron chi connectivity index (χ0n) is 13.9. The maximum Gasteiger partial charge on any atom is 0.327 e. The van der Waals surface area contributed by atoms with Crippen molar-refractivity contribution in [2.24, 2.45) is 0 Å². The van der Waals surface area contributed by atoms with E-state index in [1.54, 1.807) is 4.57 Å². The molecule has 20 heavy (non-hydrogen) atoms. The smallest absolute Gasteiger partial charge is 0.303 e. The first kappa shape index (κ1) is 18.4. The van der Waals surface area contributed by atoms with Crippen LogP contribution in [0.25, 0.3) is 11.2 Å². The largest absolute Gasteiger partial charge is 0.327 e. The lowest BCUT2D eigenvalue weighted by Crippen LogP contribution is -2.15. The van der Waals surface area contributed by atoms with E-state index >= 15 is 0 Å². The number of H-pyrrole nitrogens is 1. The summed E-state index contributed by atoms with van der Waals surface area (Å²) in [5.74, 6) is 0.779. The molecule has 0 saturated carbocycles. The summed E-state index contributed by atoms with van der Waals surface area (Å²) in [5, 5.41) is 0. The molecule has 2 aromatic rings. The molecule has 0 aliphatic carbocycles. The third kappa shape index (κ3) is 4.18. The number of nitrogens with one attached hydrogen (secondary N) is 1. The first-order valence-electron chi connectivity index (χ1n) is 7.54. The van der Waals surface area contributed by atoms with Gasteiger partial charge in [0.1, 0.15) is 11.3 Å². The predicted molar refractivity (Wildman–Crippen MR) is 87.4 cm³/mol. The standard InChI is InChI=1S/C10H14N4O.C3H8.C2H6.H2/c1-4-7-11-6(3)8-9(12-7)14(5-2)10(15)13-8;1-3-2;1-2;/h4-5H2,1-3H3,(H,13,15);3H2,1-2H3;1-2H3;1H/i;;;1+1. The van der Waals surface area contributed by atoms with Crippen molar-refractivity contribution in [3.05, 3.63) is 22.0 Å². The molecule has 0 bridgehead atoms. The van der Waals surface area contributed by atoms with Crippen molar-refractivity contribution in [3.63, 3.8) is 0 Å². The maximum absolute atomic E-state index is 11.6. The molecular formula is C15H30N4O. The summed E-state index contributed by atoms with van der Waals surface area (Å²) in [4.78, 5) is 23.0. The molecule has 0 atom stereocenters. The Morgan fingerprint density at radius 2 is 1.70 bits per heavy atom. The van der Waals surface area contributed by atoms with E-state index in [4.69, 9.17) is 0 Å². The van der Waals surface area contributed by atoms with Gasteiger partial charge in [0.15, 0.2) is 5.65 Å². The van der Waals surface area contributed by atoms with Gasteiger partial charge in [-0.1, -0.05) is 41.0 Å². The van der Waals surface area contributed by atoms with E-state index in [9.17, 15) is 4.79 Å². The molecule has 0 aromatic carbocycles. The molecule has 0 amide bonds. The first-order chi connectivity index (χ1) is 9.58. The van der Waals surface area contributed by atoms with Crippen LogP contribution >= 0.6 is 0 Å². The summed E-state index contributed by atoms with van der Waals surface area (Å²) in [6.07, 6.45) is 2.03. The van der Waals surface area contributed by atoms with Crippen LogP contribution in [0.15, 0.2) is 4.79 Å². The summed E-state index contributed by atoms with van der Waals surface area (Å²) < 4.78 is 1.63. The van der Waals surface area contributed by atoms with E-state index in [-0.39, 0.29) is 7.12 Å². The van der Waals surface area contributed by atoms with E-state index in [2.05, 4.69) is 28.8 Å². The van der Waals surface area contributed by atoms with Crippen LogP contribution in [-0.4, -0.2) is 19.5 Å². The number of fused-ring (bicyclic) bond motifs is 1. The van der Waals surface area contributed by atoms with E-state index in [1.165, 1.54) is 6.42 Å². The van der Waals surface area contributed by atoms with Crippen molar-refractivity contribution in [1.29, 1.82) is 0 Å². The van der Waals surface area contributed by atoms with Crippen LogP contribution in [0.4, 0.5) is 0 Å². The molecule has 0 unspecified atom stereocenters. The third-order valence-electron chi connectivity index (χ3n) is 2.48. The highest BCUT2D eigenvalue weighted by Gasteiger charge is 2.10. The van der Waals surface area contributed by atoms with Crippen molar-refractivity contribution >= 4 is 11.2 Å². The fourth-order valence-electron chi connectivity index (χ4n) is 1.68. The van der Waals surface area contributed by atoms with Gasteiger partial charge in [-0.15, -0.1) is 0 Å². The fourth-order valence-corrected chi connectivity index (χ4v) is 1.68. The van der Waals surface area contributed by atoms with Gasteiger partial charge < -0.3 is 4.98 Å². The molecule has 0 fully saturated rings. The predicted octanol–water partition coefficient (Wildman–Crippen LogP) is 3.70. The second-order valence-electron chi connectivity index (χ2n) is 4.16. The highest BCUT2D eigenvalue weighted by Crippen LogP contribution is 2.11. The number of hydrogen-bond acceptors (Lipinski definition) is 3. The number of hydrogen-bond donors (Lipinski definition) is 1. The van der Waals surface area contributed by atoms with Gasteiger partial charge in [-0.3, -0.25) is 4.57 Å². The molecule has 116 valence electrons. The summed E-state index contributed by atoms with van der Waals surface area (Å²) >= 11 is 0. The number of nitrogens with zero attached hydrogens (tertiary/aromatic N) is 3. The third-order valence-corrected chi connectivity index (χ3v) is 2.48. The Bertz CT molecular complexity index is 575. The molecule has 2 rings (SSSR count). The van der Waals surface area contributed by atoms with Gasteiger partial charge in [-0.25, -0.2) is 14.8 Å². The summed E-state index contributed by atoms with van der Waals surface area (Å²) in [6, 6.07) is 0. The summed E-state index contributed by atoms with van der Waals surface area (Å²) in [6.45, 7) is 14.7. The van der Waals surface area contributed by atoms with E-state index in [1.807, 2.05) is 34.6 Å². The normalized spacial score (nSPS) is 9.55. The van der Waals surface area contributed by atoms with Crippen LogP contribution in [0.3, 0.4) is 0 Å². The SMILES string of the molecule is CC.CCC.CCc1nc(C)c2[nH]c(=O)n(CC)c2n1.[2HH]. The molecule has 5 heteroatoms. The van der Waals surface area contributed by atoms with E-state index in [0.717, 1.165) is 23.5 Å². The minimum absolute atomic E-state index is 0. The molecular weight excluding hydrogens is 252 g/mol. The first-order valence-corrected chi connectivity index (χ1v) is 7.54. The molecule has 0 aliphatic rings. The summed E-state index contributed by atoms with van der Waals surface area (Å²) in [5.41, 5.74) is 2.19. The Balaban J connectivity index is 0. The van der Waals surface area contributed by atoms with Crippen molar-refractivity contribution in [2.45, 2.75) is 67.9 Å². The van der Waals surface area contributed by atoms with E-state index < -0.39 is 0 Å².